The number of rotatable bonds is 4. The third kappa shape index (κ3) is 2.58. The van der Waals surface area contributed by atoms with E-state index in [0.29, 0.717) is 25.3 Å². The first-order valence-electron chi connectivity index (χ1n) is 8.72. The molecule has 1 saturated heterocycles. The zero-order chi connectivity index (χ0) is 16.7. The largest absolute Gasteiger partial charge is 0.480 e. The van der Waals surface area contributed by atoms with Crippen LogP contribution in [0.5, 0.6) is 0 Å². The summed E-state index contributed by atoms with van der Waals surface area (Å²) in [6.45, 7) is 0.622. The molecule has 3 unspecified atom stereocenters. The topological polar surface area (TPSA) is 73.4 Å². The molecule has 3 atom stereocenters. The van der Waals surface area contributed by atoms with E-state index in [2.05, 4.69) is 11.1 Å². The Bertz CT molecular complexity index is 782. The normalized spacial score (nSPS) is 26.0. The second-order valence-corrected chi connectivity index (χ2v) is 7.08. The first kappa shape index (κ1) is 15.2. The number of nitrogens with zero attached hydrogens (tertiary/aromatic N) is 1. The Kier molecular flexibility index (Phi) is 3.79. The van der Waals surface area contributed by atoms with Crippen LogP contribution >= 0.6 is 0 Å². The van der Waals surface area contributed by atoms with Gasteiger partial charge in [0.1, 0.15) is 6.04 Å². The van der Waals surface area contributed by atoms with Gasteiger partial charge in [0.05, 0.1) is 0 Å². The van der Waals surface area contributed by atoms with Gasteiger partial charge >= 0.3 is 5.97 Å². The van der Waals surface area contributed by atoms with Crippen LogP contribution in [-0.2, 0) is 16.0 Å². The third-order valence-electron chi connectivity index (χ3n) is 5.71. The molecular formula is C19H22N2O3. The number of carboxylic acids is 1. The number of H-pyrrole nitrogens is 1. The average molecular weight is 326 g/mol. The van der Waals surface area contributed by atoms with Gasteiger partial charge in [-0.3, -0.25) is 4.79 Å². The van der Waals surface area contributed by atoms with Crippen LogP contribution in [0.15, 0.2) is 30.5 Å². The number of aliphatic carboxylic acids is 1. The number of aryl methyl sites for hydroxylation is 1. The van der Waals surface area contributed by atoms with Gasteiger partial charge in [-0.05, 0) is 60.2 Å². The Morgan fingerprint density at radius 2 is 2.12 bits per heavy atom. The predicted molar refractivity (Wildman–Crippen MR) is 90.6 cm³/mol. The lowest BCUT2D eigenvalue weighted by Crippen LogP contribution is -2.43. The van der Waals surface area contributed by atoms with Crippen LogP contribution in [0.2, 0.25) is 0 Å². The fraction of sp³-hybridized carbons (Fsp3) is 0.474. The number of nitrogens with one attached hydrogen (secondary N) is 1. The van der Waals surface area contributed by atoms with Crippen LogP contribution in [-0.4, -0.2) is 39.5 Å². The van der Waals surface area contributed by atoms with Crippen molar-refractivity contribution in [3.8, 4) is 0 Å². The summed E-state index contributed by atoms with van der Waals surface area (Å²) in [6, 6.07) is 7.54. The fourth-order valence-corrected chi connectivity index (χ4v) is 4.53. The number of likely N-dealkylation sites (tertiary alicyclic amines) is 1. The van der Waals surface area contributed by atoms with Crippen LogP contribution in [0.1, 0.15) is 31.2 Å². The summed E-state index contributed by atoms with van der Waals surface area (Å²) in [5, 5.41) is 10.7. The molecule has 0 bridgehead atoms. The summed E-state index contributed by atoms with van der Waals surface area (Å²) in [7, 11) is 0. The maximum Gasteiger partial charge on any atom is 0.326 e. The van der Waals surface area contributed by atoms with Gasteiger partial charge in [0, 0.05) is 24.7 Å². The smallest absolute Gasteiger partial charge is 0.326 e. The van der Waals surface area contributed by atoms with Crippen molar-refractivity contribution < 1.29 is 14.7 Å². The summed E-state index contributed by atoms with van der Waals surface area (Å²) >= 11 is 0. The number of carbonyl (C=O) groups excluding carboxylic acids is 1. The number of aromatic nitrogens is 1. The standard InChI is InChI=1S/C19H22N2O3/c22-17(7-5-12-4-6-16-13(10-12)8-9-20-16)21-11-14-2-1-3-15(14)18(21)19(23)24/h4,6,8-10,14-15,18,20H,1-3,5,7,11H2,(H,23,24). The molecule has 2 heterocycles. The van der Waals surface area contributed by atoms with Crippen molar-refractivity contribution in [3.05, 3.63) is 36.0 Å². The highest BCUT2D eigenvalue weighted by Gasteiger charge is 2.49. The Labute approximate surface area is 140 Å². The fourth-order valence-electron chi connectivity index (χ4n) is 4.53. The number of hydrogen-bond donors (Lipinski definition) is 2. The number of fused-ring (bicyclic) bond motifs is 2. The number of amides is 1. The summed E-state index contributed by atoms with van der Waals surface area (Å²) in [5.74, 6) is -0.327. The van der Waals surface area contributed by atoms with Crippen LogP contribution < -0.4 is 0 Å². The number of aromatic amines is 1. The molecule has 5 heteroatoms. The molecule has 2 aliphatic rings. The van der Waals surface area contributed by atoms with Gasteiger partial charge in [-0.1, -0.05) is 12.5 Å². The highest BCUT2D eigenvalue weighted by molar-refractivity contribution is 5.85. The van der Waals surface area contributed by atoms with Crippen molar-refractivity contribution in [2.75, 3.05) is 6.54 Å². The molecule has 1 aliphatic carbocycles. The van der Waals surface area contributed by atoms with Crippen molar-refractivity contribution in [3.63, 3.8) is 0 Å². The van der Waals surface area contributed by atoms with E-state index in [4.69, 9.17) is 0 Å². The minimum Gasteiger partial charge on any atom is -0.480 e. The number of carbonyl (C=O) groups is 2. The van der Waals surface area contributed by atoms with Crippen molar-refractivity contribution in [2.45, 2.75) is 38.1 Å². The van der Waals surface area contributed by atoms with Crippen LogP contribution in [0.25, 0.3) is 10.9 Å². The van der Waals surface area contributed by atoms with Crippen LogP contribution in [0.3, 0.4) is 0 Å². The molecule has 2 N–H and O–H groups in total. The van der Waals surface area contributed by atoms with E-state index in [1.54, 1.807) is 4.90 Å². The lowest BCUT2D eigenvalue weighted by Gasteiger charge is -2.24. The van der Waals surface area contributed by atoms with Gasteiger partial charge in [-0.25, -0.2) is 4.79 Å². The molecule has 1 aromatic carbocycles. The SMILES string of the molecule is O=C(O)C1C2CCCC2CN1C(=O)CCc1ccc2[nH]ccc2c1. The molecule has 1 amide bonds. The second-order valence-electron chi connectivity index (χ2n) is 7.08. The van der Waals surface area contributed by atoms with Gasteiger partial charge in [-0.15, -0.1) is 0 Å². The molecule has 2 fully saturated rings. The first-order chi connectivity index (χ1) is 11.6. The van der Waals surface area contributed by atoms with Crippen molar-refractivity contribution in [2.24, 2.45) is 11.8 Å². The minimum atomic E-state index is -0.841. The van der Waals surface area contributed by atoms with E-state index in [9.17, 15) is 14.7 Å². The van der Waals surface area contributed by atoms with Gasteiger partial charge in [0.25, 0.3) is 0 Å². The lowest BCUT2D eigenvalue weighted by molar-refractivity contribution is -0.149. The molecular weight excluding hydrogens is 304 g/mol. The van der Waals surface area contributed by atoms with Crippen molar-refractivity contribution in [1.29, 1.82) is 0 Å². The Balaban J connectivity index is 1.44. The molecule has 1 aliphatic heterocycles. The van der Waals surface area contributed by atoms with Gasteiger partial charge < -0.3 is 15.0 Å². The van der Waals surface area contributed by atoms with Crippen molar-refractivity contribution in [1.82, 2.24) is 9.88 Å². The van der Waals surface area contributed by atoms with E-state index >= 15 is 0 Å². The summed E-state index contributed by atoms with van der Waals surface area (Å²) in [6.07, 6.45) is 6.02. The molecule has 0 spiro atoms. The minimum absolute atomic E-state index is 0.0223. The predicted octanol–water partition coefficient (Wildman–Crippen LogP) is 2.81. The van der Waals surface area contributed by atoms with E-state index in [1.807, 2.05) is 24.4 Å². The monoisotopic (exact) mass is 326 g/mol. The number of hydrogen-bond acceptors (Lipinski definition) is 2. The first-order valence-corrected chi connectivity index (χ1v) is 8.72. The number of carboxylic acid groups (broad SMARTS) is 1. The molecule has 24 heavy (non-hydrogen) atoms. The molecule has 5 nitrogen and oxygen atoms in total. The summed E-state index contributed by atoms with van der Waals surface area (Å²) < 4.78 is 0. The Hall–Kier alpha value is -2.30. The highest BCUT2D eigenvalue weighted by atomic mass is 16.4. The Morgan fingerprint density at radius 3 is 2.96 bits per heavy atom. The molecule has 1 saturated carbocycles. The quantitative estimate of drug-likeness (QED) is 0.907. The molecule has 126 valence electrons. The summed E-state index contributed by atoms with van der Waals surface area (Å²) in [5.41, 5.74) is 2.20. The zero-order valence-electron chi connectivity index (χ0n) is 13.6. The van der Waals surface area contributed by atoms with Gasteiger partial charge in [0.15, 0.2) is 0 Å². The van der Waals surface area contributed by atoms with E-state index < -0.39 is 12.0 Å². The molecule has 2 aromatic rings. The van der Waals surface area contributed by atoms with E-state index in [1.165, 1.54) is 0 Å². The lowest BCUT2D eigenvalue weighted by atomic mass is 9.94. The van der Waals surface area contributed by atoms with E-state index in [0.717, 1.165) is 35.7 Å². The molecule has 1 aromatic heterocycles. The average Bonchev–Trinajstić information content (AvgIpc) is 3.25. The van der Waals surface area contributed by atoms with Gasteiger partial charge in [0.2, 0.25) is 5.91 Å². The maximum atomic E-state index is 12.6. The van der Waals surface area contributed by atoms with Crippen molar-refractivity contribution >= 4 is 22.8 Å². The second kappa shape index (κ2) is 5.96. The Morgan fingerprint density at radius 1 is 1.25 bits per heavy atom. The van der Waals surface area contributed by atoms with Gasteiger partial charge in [-0.2, -0.15) is 0 Å². The van der Waals surface area contributed by atoms with E-state index in [-0.39, 0.29) is 11.8 Å². The highest BCUT2D eigenvalue weighted by Crippen LogP contribution is 2.42. The maximum absolute atomic E-state index is 12.6. The van der Waals surface area contributed by atoms with Crippen LogP contribution in [0.4, 0.5) is 0 Å². The number of benzene rings is 1. The molecule has 4 rings (SSSR count). The zero-order valence-corrected chi connectivity index (χ0v) is 13.6. The van der Waals surface area contributed by atoms with Crippen LogP contribution in [0, 0.1) is 11.8 Å². The summed E-state index contributed by atoms with van der Waals surface area (Å²) in [4.78, 5) is 29.1. The molecule has 0 radical (unpaired) electrons. The third-order valence-corrected chi connectivity index (χ3v) is 5.71.